The Labute approximate surface area is 128 Å². The monoisotopic (exact) mass is 324 g/mol. The van der Waals surface area contributed by atoms with Crippen molar-refractivity contribution < 1.29 is 17.6 Å². The molecule has 1 atom stereocenters. The van der Waals surface area contributed by atoms with Gasteiger partial charge < -0.3 is 9.88 Å². The van der Waals surface area contributed by atoms with Gasteiger partial charge in [-0.15, -0.1) is 0 Å². The zero-order chi connectivity index (χ0) is 15.9. The van der Waals surface area contributed by atoms with E-state index in [0.29, 0.717) is 22.9 Å². The molecule has 1 aliphatic rings. The molecule has 3 rings (SSSR count). The van der Waals surface area contributed by atoms with Crippen LogP contribution in [0.25, 0.3) is 10.9 Å². The number of fused-ring (bicyclic) bond motifs is 1. The number of carbonyl (C=O) groups is 1. The second-order valence-electron chi connectivity index (χ2n) is 5.71. The third-order valence-corrected chi connectivity index (χ3v) is 5.98. The van der Waals surface area contributed by atoms with Crippen molar-refractivity contribution in [3.8, 4) is 0 Å². The van der Waals surface area contributed by atoms with Crippen LogP contribution in [0.15, 0.2) is 24.4 Å². The van der Waals surface area contributed by atoms with Crippen LogP contribution in [0, 0.1) is 5.82 Å². The molecule has 118 valence electrons. The minimum atomic E-state index is -3.04. The fourth-order valence-corrected chi connectivity index (χ4v) is 4.69. The van der Waals surface area contributed by atoms with Gasteiger partial charge in [-0.2, -0.15) is 0 Å². The molecule has 1 amide bonds. The molecule has 5 nitrogen and oxygen atoms in total. The van der Waals surface area contributed by atoms with Crippen LogP contribution >= 0.6 is 0 Å². The molecule has 0 saturated carbocycles. The van der Waals surface area contributed by atoms with Crippen molar-refractivity contribution in [1.29, 1.82) is 0 Å². The molecule has 1 aliphatic heterocycles. The van der Waals surface area contributed by atoms with E-state index in [2.05, 4.69) is 4.98 Å². The summed E-state index contributed by atoms with van der Waals surface area (Å²) in [6.45, 7) is 0. The zero-order valence-electron chi connectivity index (χ0n) is 12.2. The molecule has 22 heavy (non-hydrogen) atoms. The number of benzene rings is 1. The molecule has 1 saturated heterocycles. The number of rotatable bonds is 3. The van der Waals surface area contributed by atoms with Crippen LogP contribution in [-0.4, -0.2) is 48.8 Å². The molecule has 7 heteroatoms. The topological polar surface area (TPSA) is 70.2 Å². The highest BCUT2D eigenvalue weighted by Crippen LogP contribution is 2.23. The molecule has 1 N–H and O–H groups in total. The molecular weight excluding hydrogens is 307 g/mol. The smallest absolute Gasteiger partial charge is 0.227 e. The van der Waals surface area contributed by atoms with Gasteiger partial charge in [0.2, 0.25) is 5.91 Å². The molecule has 1 aromatic carbocycles. The summed E-state index contributed by atoms with van der Waals surface area (Å²) >= 11 is 0. The number of aromatic nitrogens is 1. The minimum absolute atomic E-state index is 0.0114. The van der Waals surface area contributed by atoms with Gasteiger partial charge in [-0.3, -0.25) is 4.79 Å². The van der Waals surface area contributed by atoms with Crippen LogP contribution in [-0.2, 0) is 21.1 Å². The van der Waals surface area contributed by atoms with E-state index in [0.717, 1.165) is 0 Å². The summed E-state index contributed by atoms with van der Waals surface area (Å²) in [4.78, 5) is 16.8. The first kappa shape index (κ1) is 15.0. The average Bonchev–Trinajstić information content (AvgIpc) is 3.02. The maximum absolute atomic E-state index is 13.9. The second-order valence-corrected chi connectivity index (χ2v) is 7.94. The van der Waals surface area contributed by atoms with Crippen molar-refractivity contribution in [2.75, 3.05) is 18.6 Å². The van der Waals surface area contributed by atoms with Crippen LogP contribution in [0.4, 0.5) is 4.39 Å². The number of sulfone groups is 1. The molecule has 1 fully saturated rings. The summed E-state index contributed by atoms with van der Waals surface area (Å²) in [5.74, 6) is -0.437. The maximum atomic E-state index is 13.9. The van der Waals surface area contributed by atoms with Crippen molar-refractivity contribution in [2.24, 2.45) is 0 Å². The van der Waals surface area contributed by atoms with Gasteiger partial charge in [-0.25, -0.2) is 12.8 Å². The number of hydrogen-bond acceptors (Lipinski definition) is 3. The van der Waals surface area contributed by atoms with Crippen LogP contribution in [0.5, 0.6) is 0 Å². The van der Waals surface area contributed by atoms with E-state index < -0.39 is 9.84 Å². The number of hydrogen-bond donors (Lipinski definition) is 1. The zero-order valence-corrected chi connectivity index (χ0v) is 13.0. The van der Waals surface area contributed by atoms with E-state index in [1.807, 2.05) is 0 Å². The fourth-order valence-electron chi connectivity index (χ4n) is 2.92. The van der Waals surface area contributed by atoms with Crippen LogP contribution < -0.4 is 0 Å². The maximum Gasteiger partial charge on any atom is 0.227 e. The lowest BCUT2D eigenvalue weighted by atomic mass is 10.1. The Balaban J connectivity index is 1.79. The lowest BCUT2D eigenvalue weighted by Crippen LogP contribution is -2.38. The van der Waals surface area contributed by atoms with Crippen molar-refractivity contribution >= 4 is 26.6 Å². The van der Waals surface area contributed by atoms with Crippen LogP contribution in [0.1, 0.15) is 12.0 Å². The minimum Gasteiger partial charge on any atom is -0.361 e. The third-order valence-electron chi connectivity index (χ3n) is 4.23. The van der Waals surface area contributed by atoms with Gasteiger partial charge in [-0.05, 0) is 24.1 Å². The number of halogens is 1. The standard InChI is InChI=1S/C15H17FN2O3S/c1-18(11-5-6-22(20,21)9-11)14(19)7-10-8-17-13-4-2-3-12(16)15(10)13/h2-4,8,11,17H,5-7,9H2,1H3. The van der Waals surface area contributed by atoms with Crippen LogP contribution in [0.3, 0.4) is 0 Å². The first-order chi connectivity index (χ1) is 10.4. The van der Waals surface area contributed by atoms with Gasteiger partial charge in [0.15, 0.2) is 9.84 Å². The van der Waals surface area contributed by atoms with E-state index in [-0.39, 0.29) is 35.7 Å². The van der Waals surface area contributed by atoms with E-state index in [9.17, 15) is 17.6 Å². The van der Waals surface area contributed by atoms with Crippen molar-refractivity contribution in [3.63, 3.8) is 0 Å². The fraction of sp³-hybridized carbons (Fsp3) is 0.400. The highest BCUT2D eigenvalue weighted by atomic mass is 32.2. The second kappa shape index (κ2) is 5.39. The SMILES string of the molecule is CN(C(=O)Cc1c[nH]c2cccc(F)c12)C1CCS(=O)(=O)C1. The number of nitrogens with one attached hydrogen (secondary N) is 1. The summed E-state index contributed by atoms with van der Waals surface area (Å²) < 4.78 is 36.9. The molecule has 0 bridgehead atoms. The molecule has 2 aromatic rings. The van der Waals surface area contributed by atoms with Crippen molar-refractivity contribution in [3.05, 3.63) is 35.8 Å². The van der Waals surface area contributed by atoms with Gasteiger partial charge in [-0.1, -0.05) is 6.07 Å². The normalized spacial score (nSPS) is 20.4. The van der Waals surface area contributed by atoms with Crippen molar-refractivity contribution in [1.82, 2.24) is 9.88 Å². The highest BCUT2D eigenvalue weighted by Gasteiger charge is 2.32. The van der Waals surface area contributed by atoms with Gasteiger partial charge >= 0.3 is 0 Å². The van der Waals surface area contributed by atoms with Gasteiger partial charge in [0.25, 0.3) is 0 Å². The molecular formula is C15H17FN2O3S. The van der Waals surface area contributed by atoms with Gasteiger partial charge in [0.1, 0.15) is 5.82 Å². The number of nitrogens with zero attached hydrogens (tertiary/aromatic N) is 1. The predicted octanol–water partition coefficient (Wildman–Crippen LogP) is 1.49. The number of amides is 1. The number of H-pyrrole nitrogens is 1. The Morgan fingerprint density at radius 1 is 1.45 bits per heavy atom. The van der Waals surface area contributed by atoms with E-state index in [1.165, 1.54) is 11.0 Å². The average molecular weight is 324 g/mol. The summed E-state index contributed by atoms with van der Waals surface area (Å²) in [6.07, 6.45) is 2.14. The van der Waals surface area contributed by atoms with Gasteiger partial charge in [0.05, 0.1) is 17.9 Å². The Morgan fingerprint density at radius 3 is 2.91 bits per heavy atom. The lowest BCUT2D eigenvalue weighted by molar-refractivity contribution is -0.130. The Kier molecular flexibility index (Phi) is 3.68. The lowest BCUT2D eigenvalue weighted by Gasteiger charge is -2.23. The summed E-state index contributed by atoms with van der Waals surface area (Å²) in [5, 5.41) is 0.420. The summed E-state index contributed by atoms with van der Waals surface area (Å²) in [7, 11) is -1.43. The number of likely N-dealkylation sites (N-methyl/N-ethyl adjacent to an activating group) is 1. The van der Waals surface area contributed by atoms with E-state index >= 15 is 0 Å². The Hall–Kier alpha value is -1.89. The van der Waals surface area contributed by atoms with E-state index in [4.69, 9.17) is 0 Å². The molecule has 1 aromatic heterocycles. The van der Waals surface area contributed by atoms with E-state index in [1.54, 1.807) is 25.4 Å². The first-order valence-electron chi connectivity index (χ1n) is 7.08. The van der Waals surface area contributed by atoms with Crippen LogP contribution in [0.2, 0.25) is 0 Å². The molecule has 0 spiro atoms. The first-order valence-corrected chi connectivity index (χ1v) is 8.90. The predicted molar refractivity (Wildman–Crippen MR) is 81.8 cm³/mol. The summed E-state index contributed by atoms with van der Waals surface area (Å²) in [6, 6.07) is 4.43. The van der Waals surface area contributed by atoms with Crippen molar-refractivity contribution in [2.45, 2.75) is 18.9 Å². The molecule has 0 radical (unpaired) electrons. The van der Waals surface area contributed by atoms with Gasteiger partial charge in [0, 0.05) is 30.2 Å². The molecule has 1 unspecified atom stereocenters. The largest absolute Gasteiger partial charge is 0.361 e. The third kappa shape index (κ3) is 2.72. The number of aromatic amines is 1. The Bertz CT molecular complexity index is 828. The Morgan fingerprint density at radius 2 is 2.23 bits per heavy atom. The quantitative estimate of drug-likeness (QED) is 0.930. The highest BCUT2D eigenvalue weighted by molar-refractivity contribution is 7.91. The molecule has 2 heterocycles. The molecule has 0 aliphatic carbocycles. The number of carbonyl (C=O) groups excluding carboxylic acids is 1. The summed E-state index contributed by atoms with van der Waals surface area (Å²) in [5.41, 5.74) is 1.24.